The summed E-state index contributed by atoms with van der Waals surface area (Å²) in [6.45, 7) is 2.81. The normalized spacial score (nSPS) is 9.79. The molecule has 0 radical (unpaired) electrons. The average molecular weight is 193 g/mol. The van der Waals surface area contributed by atoms with Gasteiger partial charge in [0.15, 0.2) is 0 Å². The number of anilines is 2. The lowest BCUT2D eigenvalue weighted by Crippen LogP contribution is -2.15. The van der Waals surface area contributed by atoms with Crippen LogP contribution in [-0.4, -0.2) is 12.5 Å². The Bertz CT molecular complexity index is 336. The molecule has 0 unspecified atom stereocenters. The first kappa shape index (κ1) is 10.4. The van der Waals surface area contributed by atoms with E-state index < -0.39 is 5.91 Å². The topological polar surface area (TPSA) is 81.1 Å². The highest BCUT2D eigenvalue weighted by Gasteiger charge is 2.09. The van der Waals surface area contributed by atoms with Gasteiger partial charge >= 0.3 is 0 Å². The van der Waals surface area contributed by atoms with Crippen molar-refractivity contribution in [3.63, 3.8) is 0 Å². The molecule has 0 aliphatic carbocycles. The van der Waals surface area contributed by atoms with Gasteiger partial charge in [0.2, 0.25) is 0 Å². The second kappa shape index (κ2) is 4.50. The predicted octanol–water partition coefficient (Wildman–Crippen LogP) is 1.19. The third-order valence-corrected chi connectivity index (χ3v) is 1.91. The van der Waals surface area contributed by atoms with E-state index in [9.17, 15) is 4.79 Å². The minimum atomic E-state index is -0.462. The zero-order chi connectivity index (χ0) is 10.6. The molecule has 0 aromatic heterocycles. The van der Waals surface area contributed by atoms with Gasteiger partial charge in [-0.05, 0) is 18.6 Å². The van der Waals surface area contributed by atoms with Gasteiger partial charge in [-0.2, -0.15) is 0 Å². The Kier molecular flexibility index (Phi) is 3.34. The zero-order valence-electron chi connectivity index (χ0n) is 8.21. The Labute approximate surface area is 83.3 Å². The highest BCUT2D eigenvalue weighted by molar-refractivity contribution is 6.01. The first-order valence-corrected chi connectivity index (χ1v) is 4.59. The molecule has 0 aliphatic rings. The summed E-state index contributed by atoms with van der Waals surface area (Å²) in [7, 11) is 0. The fraction of sp³-hybridized carbons (Fsp3) is 0.300. The molecule has 0 saturated carbocycles. The number of hydrogen-bond donors (Lipinski definition) is 3. The number of rotatable bonds is 4. The highest BCUT2D eigenvalue weighted by atomic mass is 16.1. The summed E-state index contributed by atoms with van der Waals surface area (Å²) in [5, 5.41) is 3.09. The van der Waals surface area contributed by atoms with Crippen LogP contribution in [-0.2, 0) is 0 Å². The van der Waals surface area contributed by atoms with Crippen molar-refractivity contribution >= 4 is 17.3 Å². The van der Waals surface area contributed by atoms with Crippen molar-refractivity contribution in [2.45, 2.75) is 13.3 Å². The summed E-state index contributed by atoms with van der Waals surface area (Å²) in [5.74, 6) is -0.462. The number of nitrogens with two attached hydrogens (primary N) is 2. The number of benzene rings is 1. The summed E-state index contributed by atoms with van der Waals surface area (Å²) in [5.41, 5.74) is 12.6. The van der Waals surface area contributed by atoms with Crippen LogP contribution in [0.1, 0.15) is 23.7 Å². The van der Waals surface area contributed by atoms with Crippen LogP contribution in [0, 0.1) is 0 Å². The maximum atomic E-state index is 11.1. The first-order valence-electron chi connectivity index (χ1n) is 4.59. The van der Waals surface area contributed by atoms with Gasteiger partial charge in [0.1, 0.15) is 0 Å². The van der Waals surface area contributed by atoms with E-state index in [1.165, 1.54) is 0 Å². The summed E-state index contributed by atoms with van der Waals surface area (Å²) < 4.78 is 0. The molecule has 5 N–H and O–H groups in total. The maximum absolute atomic E-state index is 11.1. The van der Waals surface area contributed by atoms with Crippen LogP contribution >= 0.6 is 0 Å². The molecule has 0 atom stereocenters. The third-order valence-electron chi connectivity index (χ3n) is 1.91. The van der Waals surface area contributed by atoms with E-state index in [2.05, 4.69) is 5.32 Å². The number of primary amides is 1. The minimum absolute atomic E-state index is 0.443. The summed E-state index contributed by atoms with van der Waals surface area (Å²) in [6, 6.07) is 5.12. The van der Waals surface area contributed by atoms with Gasteiger partial charge < -0.3 is 16.8 Å². The lowest BCUT2D eigenvalue weighted by molar-refractivity contribution is 0.100. The average Bonchev–Trinajstić information content (AvgIpc) is 2.15. The second-order valence-electron chi connectivity index (χ2n) is 3.06. The van der Waals surface area contributed by atoms with E-state index >= 15 is 0 Å². The quantitative estimate of drug-likeness (QED) is 0.628. The Morgan fingerprint density at radius 2 is 2.21 bits per heavy atom. The standard InChI is InChI=1S/C10H15N3O/c1-2-6-13-9-7(10(12)14)4-3-5-8(9)11/h3-5,13H,2,6,11H2,1H3,(H2,12,14). The monoisotopic (exact) mass is 193 g/mol. The smallest absolute Gasteiger partial charge is 0.250 e. The van der Waals surface area contributed by atoms with Crippen molar-refractivity contribution in [1.82, 2.24) is 0 Å². The van der Waals surface area contributed by atoms with E-state index in [1.807, 2.05) is 6.92 Å². The molecule has 0 spiro atoms. The predicted molar refractivity (Wildman–Crippen MR) is 58.2 cm³/mol. The molecule has 0 fully saturated rings. The van der Waals surface area contributed by atoms with Gasteiger partial charge in [-0.25, -0.2) is 0 Å². The van der Waals surface area contributed by atoms with Crippen molar-refractivity contribution in [1.29, 1.82) is 0 Å². The van der Waals surface area contributed by atoms with Crippen LogP contribution < -0.4 is 16.8 Å². The Morgan fingerprint density at radius 3 is 2.79 bits per heavy atom. The fourth-order valence-corrected chi connectivity index (χ4v) is 1.22. The molecule has 76 valence electrons. The van der Waals surface area contributed by atoms with Crippen LogP contribution in [0.4, 0.5) is 11.4 Å². The van der Waals surface area contributed by atoms with E-state index in [1.54, 1.807) is 18.2 Å². The van der Waals surface area contributed by atoms with Crippen molar-refractivity contribution < 1.29 is 4.79 Å². The highest BCUT2D eigenvalue weighted by Crippen LogP contribution is 2.22. The van der Waals surface area contributed by atoms with Crippen LogP contribution in [0.3, 0.4) is 0 Å². The van der Waals surface area contributed by atoms with E-state index in [0.29, 0.717) is 16.9 Å². The van der Waals surface area contributed by atoms with Crippen LogP contribution in [0.15, 0.2) is 18.2 Å². The molecule has 1 rings (SSSR count). The molecule has 0 bridgehead atoms. The second-order valence-corrected chi connectivity index (χ2v) is 3.06. The van der Waals surface area contributed by atoms with Crippen molar-refractivity contribution in [2.75, 3.05) is 17.6 Å². The lowest BCUT2D eigenvalue weighted by Gasteiger charge is -2.11. The number of hydrogen-bond acceptors (Lipinski definition) is 3. The van der Waals surface area contributed by atoms with Crippen LogP contribution in [0.5, 0.6) is 0 Å². The maximum Gasteiger partial charge on any atom is 0.250 e. The molecule has 14 heavy (non-hydrogen) atoms. The number of carbonyl (C=O) groups is 1. The minimum Gasteiger partial charge on any atom is -0.397 e. The molecular weight excluding hydrogens is 178 g/mol. The molecule has 1 amide bonds. The third kappa shape index (κ3) is 2.16. The molecular formula is C10H15N3O. The van der Waals surface area contributed by atoms with Crippen molar-refractivity contribution in [3.05, 3.63) is 23.8 Å². The molecule has 0 heterocycles. The molecule has 0 aliphatic heterocycles. The van der Waals surface area contributed by atoms with Crippen LogP contribution in [0.25, 0.3) is 0 Å². The number of carbonyl (C=O) groups excluding carboxylic acids is 1. The lowest BCUT2D eigenvalue weighted by atomic mass is 10.1. The first-order chi connectivity index (χ1) is 6.66. The summed E-state index contributed by atoms with van der Waals surface area (Å²) in [6.07, 6.45) is 0.965. The summed E-state index contributed by atoms with van der Waals surface area (Å²) >= 11 is 0. The van der Waals surface area contributed by atoms with Gasteiger partial charge in [0, 0.05) is 6.54 Å². The fourth-order valence-electron chi connectivity index (χ4n) is 1.22. The molecule has 1 aromatic carbocycles. The molecule has 4 heteroatoms. The van der Waals surface area contributed by atoms with E-state index in [-0.39, 0.29) is 0 Å². The van der Waals surface area contributed by atoms with Gasteiger partial charge in [-0.3, -0.25) is 4.79 Å². The Balaban J connectivity index is 3.02. The van der Waals surface area contributed by atoms with Gasteiger partial charge in [-0.15, -0.1) is 0 Å². The van der Waals surface area contributed by atoms with Crippen molar-refractivity contribution in [3.8, 4) is 0 Å². The molecule has 0 saturated heterocycles. The SMILES string of the molecule is CCCNc1c(N)cccc1C(N)=O. The zero-order valence-corrected chi connectivity index (χ0v) is 8.21. The Hall–Kier alpha value is -1.71. The number of nitrogens with one attached hydrogen (secondary N) is 1. The molecule has 4 nitrogen and oxygen atoms in total. The number of para-hydroxylation sites is 1. The van der Waals surface area contributed by atoms with E-state index in [4.69, 9.17) is 11.5 Å². The van der Waals surface area contributed by atoms with E-state index in [0.717, 1.165) is 13.0 Å². The van der Waals surface area contributed by atoms with Crippen LogP contribution in [0.2, 0.25) is 0 Å². The molecule has 1 aromatic rings. The van der Waals surface area contributed by atoms with Crippen molar-refractivity contribution in [2.24, 2.45) is 5.73 Å². The van der Waals surface area contributed by atoms with Gasteiger partial charge in [-0.1, -0.05) is 13.0 Å². The number of amides is 1. The van der Waals surface area contributed by atoms with Gasteiger partial charge in [0.05, 0.1) is 16.9 Å². The Morgan fingerprint density at radius 1 is 1.50 bits per heavy atom. The largest absolute Gasteiger partial charge is 0.397 e. The summed E-state index contributed by atoms with van der Waals surface area (Å²) in [4.78, 5) is 11.1. The number of nitrogen functional groups attached to an aromatic ring is 1. The van der Waals surface area contributed by atoms with Gasteiger partial charge in [0.25, 0.3) is 5.91 Å².